The van der Waals surface area contributed by atoms with Crippen LogP contribution >= 0.6 is 11.3 Å². The normalized spacial score (nSPS) is 17.6. The van der Waals surface area contributed by atoms with Crippen molar-refractivity contribution < 1.29 is 4.74 Å². The predicted octanol–water partition coefficient (Wildman–Crippen LogP) is 3.76. The van der Waals surface area contributed by atoms with Gasteiger partial charge in [-0.15, -0.1) is 11.3 Å². The standard InChI is InChI=1S/C20H27N3OS/c1-20(2,18-9-6-12-25-18)14-23-19(21-3)22-13-15-10-11-24-17-8-5-4-7-16(15)17/h4-9,12,15H,10-11,13-14H2,1-3H3,(H2,21,22,23). The van der Waals surface area contributed by atoms with E-state index in [2.05, 4.69) is 65.2 Å². The maximum Gasteiger partial charge on any atom is 0.191 e. The van der Waals surface area contributed by atoms with E-state index in [4.69, 9.17) is 4.74 Å². The highest BCUT2D eigenvalue weighted by Gasteiger charge is 2.23. The number of nitrogens with zero attached hydrogens (tertiary/aromatic N) is 1. The molecule has 0 amide bonds. The van der Waals surface area contributed by atoms with Crippen LogP contribution in [0.2, 0.25) is 0 Å². The molecule has 25 heavy (non-hydrogen) atoms. The van der Waals surface area contributed by atoms with Crippen LogP contribution in [0.15, 0.2) is 46.8 Å². The zero-order chi connectivity index (χ0) is 17.7. The Morgan fingerprint density at radius 1 is 1.24 bits per heavy atom. The summed E-state index contributed by atoms with van der Waals surface area (Å²) in [6.07, 6.45) is 1.03. The topological polar surface area (TPSA) is 45.7 Å². The van der Waals surface area contributed by atoms with Crippen LogP contribution in [0.25, 0.3) is 0 Å². The van der Waals surface area contributed by atoms with Gasteiger partial charge < -0.3 is 15.4 Å². The molecular weight excluding hydrogens is 330 g/mol. The lowest BCUT2D eigenvalue weighted by atomic mass is 9.91. The van der Waals surface area contributed by atoms with E-state index in [-0.39, 0.29) is 5.41 Å². The Bertz CT molecular complexity index is 709. The molecule has 5 heteroatoms. The molecule has 1 aliphatic rings. The molecule has 0 bridgehead atoms. The first-order valence-electron chi connectivity index (χ1n) is 8.80. The first kappa shape index (κ1) is 17.8. The fourth-order valence-electron chi connectivity index (χ4n) is 3.12. The SMILES string of the molecule is CN=C(NCC1CCOc2ccccc21)NCC(C)(C)c1cccs1. The lowest BCUT2D eigenvalue weighted by Gasteiger charge is -2.28. The number of hydrogen-bond acceptors (Lipinski definition) is 3. The predicted molar refractivity (Wildman–Crippen MR) is 106 cm³/mol. The molecule has 2 heterocycles. The van der Waals surface area contributed by atoms with Crippen molar-refractivity contribution in [3.63, 3.8) is 0 Å². The molecule has 1 atom stereocenters. The van der Waals surface area contributed by atoms with Crippen LogP contribution in [-0.2, 0) is 5.41 Å². The summed E-state index contributed by atoms with van der Waals surface area (Å²) in [5, 5.41) is 9.09. The molecule has 4 nitrogen and oxygen atoms in total. The summed E-state index contributed by atoms with van der Waals surface area (Å²) in [4.78, 5) is 5.76. The lowest BCUT2D eigenvalue weighted by molar-refractivity contribution is 0.267. The lowest BCUT2D eigenvalue weighted by Crippen LogP contribution is -2.44. The molecule has 3 rings (SSSR count). The first-order chi connectivity index (χ1) is 12.1. The third kappa shape index (κ3) is 4.34. The number of nitrogens with one attached hydrogen (secondary N) is 2. The largest absolute Gasteiger partial charge is 0.493 e. The van der Waals surface area contributed by atoms with E-state index in [9.17, 15) is 0 Å². The van der Waals surface area contributed by atoms with Crippen molar-refractivity contribution in [1.29, 1.82) is 0 Å². The molecule has 0 saturated carbocycles. The molecular formula is C20H27N3OS. The van der Waals surface area contributed by atoms with Crippen LogP contribution in [-0.4, -0.2) is 32.7 Å². The van der Waals surface area contributed by atoms with E-state index in [0.717, 1.165) is 37.8 Å². The van der Waals surface area contributed by atoms with Gasteiger partial charge in [-0.25, -0.2) is 0 Å². The van der Waals surface area contributed by atoms with Crippen molar-refractivity contribution in [2.75, 3.05) is 26.7 Å². The van der Waals surface area contributed by atoms with Crippen molar-refractivity contribution in [2.45, 2.75) is 31.6 Å². The van der Waals surface area contributed by atoms with E-state index in [1.807, 2.05) is 13.1 Å². The second kappa shape index (κ2) is 7.91. The number of rotatable bonds is 5. The van der Waals surface area contributed by atoms with Gasteiger partial charge in [-0.2, -0.15) is 0 Å². The Balaban J connectivity index is 1.55. The molecule has 2 aromatic rings. The highest BCUT2D eigenvalue weighted by Crippen LogP contribution is 2.32. The van der Waals surface area contributed by atoms with Gasteiger partial charge in [-0.3, -0.25) is 4.99 Å². The molecule has 0 aliphatic carbocycles. The van der Waals surface area contributed by atoms with Crippen molar-refractivity contribution in [2.24, 2.45) is 4.99 Å². The smallest absolute Gasteiger partial charge is 0.191 e. The molecule has 0 radical (unpaired) electrons. The number of benzene rings is 1. The third-order valence-corrected chi connectivity index (χ3v) is 5.94. The Morgan fingerprint density at radius 3 is 2.84 bits per heavy atom. The van der Waals surface area contributed by atoms with Gasteiger partial charge in [0.05, 0.1) is 6.61 Å². The van der Waals surface area contributed by atoms with Gasteiger partial charge in [0, 0.05) is 36.3 Å². The van der Waals surface area contributed by atoms with E-state index < -0.39 is 0 Å². The van der Waals surface area contributed by atoms with Crippen LogP contribution < -0.4 is 15.4 Å². The molecule has 1 aromatic carbocycles. The fraction of sp³-hybridized carbons (Fsp3) is 0.450. The molecule has 0 fully saturated rings. The highest BCUT2D eigenvalue weighted by molar-refractivity contribution is 7.10. The summed E-state index contributed by atoms with van der Waals surface area (Å²) in [5.41, 5.74) is 1.37. The van der Waals surface area contributed by atoms with Crippen molar-refractivity contribution >= 4 is 17.3 Å². The minimum atomic E-state index is 0.0804. The molecule has 1 aromatic heterocycles. The number of guanidine groups is 1. The van der Waals surface area contributed by atoms with Crippen LogP contribution in [0.4, 0.5) is 0 Å². The van der Waals surface area contributed by atoms with E-state index in [1.54, 1.807) is 11.3 Å². The molecule has 0 spiro atoms. The van der Waals surface area contributed by atoms with E-state index in [1.165, 1.54) is 10.4 Å². The second-order valence-electron chi connectivity index (χ2n) is 7.04. The summed E-state index contributed by atoms with van der Waals surface area (Å²) in [6.45, 7) is 7.00. The van der Waals surface area contributed by atoms with Crippen molar-refractivity contribution in [3.8, 4) is 5.75 Å². The average Bonchev–Trinajstić information content (AvgIpc) is 3.17. The summed E-state index contributed by atoms with van der Waals surface area (Å²) in [6, 6.07) is 12.6. The average molecular weight is 358 g/mol. The van der Waals surface area contributed by atoms with Gasteiger partial charge in [-0.1, -0.05) is 38.1 Å². The minimum Gasteiger partial charge on any atom is -0.493 e. The first-order valence-corrected chi connectivity index (χ1v) is 9.68. The van der Waals surface area contributed by atoms with E-state index >= 15 is 0 Å². The summed E-state index contributed by atoms with van der Waals surface area (Å²) < 4.78 is 5.75. The highest BCUT2D eigenvalue weighted by atomic mass is 32.1. The molecule has 0 saturated heterocycles. The maximum atomic E-state index is 5.75. The second-order valence-corrected chi connectivity index (χ2v) is 7.99. The number of fused-ring (bicyclic) bond motifs is 1. The van der Waals surface area contributed by atoms with Crippen molar-refractivity contribution in [1.82, 2.24) is 10.6 Å². The number of thiophene rings is 1. The van der Waals surface area contributed by atoms with Crippen LogP contribution in [0.3, 0.4) is 0 Å². The van der Waals surface area contributed by atoms with Gasteiger partial charge in [0.2, 0.25) is 0 Å². The molecule has 1 unspecified atom stereocenters. The van der Waals surface area contributed by atoms with Gasteiger partial charge >= 0.3 is 0 Å². The summed E-state index contributed by atoms with van der Waals surface area (Å²) in [5.74, 6) is 2.32. The Labute approximate surface area is 154 Å². The zero-order valence-electron chi connectivity index (χ0n) is 15.2. The molecule has 2 N–H and O–H groups in total. The Kier molecular flexibility index (Phi) is 5.63. The van der Waals surface area contributed by atoms with Gasteiger partial charge in [0.1, 0.15) is 5.75 Å². The Morgan fingerprint density at radius 2 is 2.08 bits per heavy atom. The van der Waals surface area contributed by atoms with E-state index in [0.29, 0.717) is 5.92 Å². The zero-order valence-corrected chi connectivity index (χ0v) is 16.0. The van der Waals surface area contributed by atoms with Crippen molar-refractivity contribution in [3.05, 3.63) is 52.2 Å². The Hall–Kier alpha value is -2.01. The fourth-order valence-corrected chi connectivity index (χ4v) is 3.98. The summed E-state index contributed by atoms with van der Waals surface area (Å²) in [7, 11) is 1.82. The third-order valence-electron chi connectivity index (χ3n) is 4.71. The number of aliphatic imine (C=N–C) groups is 1. The summed E-state index contributed by atoms with van der Waals surface area (Å²) >= 11 is 1.80. The maximum absolute atomic E-state index is 5.75. The van der Waals surface area contributed by atoms with Gasteiger partial charge in [0.15, 0.2) is 5.96 Å². The van der Waals surface area contributed by atoms with Gasteiger partial charge in [0.25, 0.3) is 0 Å². The number of ether oxygens (including phenoxy) is 1. The van der Waals surface area contributed by atoms with Gasteiger partial charge in [-0.05, 0) is 29.5 Å². The van der Waals surface area contributed by atoms with Crippen LogP contribution in [0.1, 0.15) is 36.6 Å². The molecule has 1 aliphatic heterocycles. The monoisotopic (exact) mass is 357 g/mol. The van der Waals surface area contributed by atoms with Crippen LogP contribution in [0.5, 0.6) is 5.75 Å². The minimum absolute atomic E-state index is 0.0804. The number of hydrogen-bond donors (Lipinski definition) is 2. The number of para-hydroxylation sites is 1. The van der Waals surface area contributed by atoms with Crippen LogP contribution in [0, 0.1) is 0 Å². The quantitative estimate of drug-likeness (QED) is 0.633. The molecule has 134 valence electrons.